The molecule has 19 heavy (non-hydrogen) atoms. The number of hydrogen-bond acceptors (Lipinski definition) is 5. The number of aliphatic hydroxyl groups excluding tert-OH is 1. The molecule has 0 radical (unpaired) electrons. The second kappa shape index (κ2) is 5.41. The van der Waals surface area contributed by atoms with E-state index >= 15 is 0 Å². The van der Waals surface area contributed by atoms with Crippen LogP contribution in [0.3, 0.4) is 0 Å². The Labute approximate surface area is 112 Å². The van der Waals surface area contributed by atoms with Crippen molar-refractivity contribution in [3.8, 4) is 0 Å². The summed E-state index contributed by atoms with van der Waals surface area (Å²) in [5.74, 6) is -0.416. The number of nitrogens with zero attached hydrogens (tertiary/aromatic N) is 1. The molecule has 0 aliphatic heterocycles. The summed E-state index contributed by atoms with van der Waals surface area (Å²) in [6.45, 7) is 1.55. The van der Waals surface area contributed by atoms with Crippen LogP contribution in [-0.4, -0.2) is 15.1 Å². The van der Waals surface area contributed by atoms with E-state index < -0.39 is 17.5 Å². The molecular formula is C12H12FN3O2S. The molecule has 0 saturated heterocycles. The quantitative estimate of drug-likeness (QED) is 0.745. The Morgan fingerprint density at radius 3 is 2.79 bits per heavy atom. The number of hydrogen-bond donors (Lipinski definition) is 3. The molecule has 5 nitrogen and oxygen atoms in total. The van der Waals surface area contributed by atoms with Gasteiger partial charge in [0.25, 0.3) is 5.56 Å². The van der Waals surface area contributed by atoms with Crippen LogP contribution < -0.4 is 11.3 Å². The average Bonchev–Trinajstić information content (AvgIpc) is 2.30. The Bertz CT molecular complexity index is 658. The van der Waals surface area contributed by atoms with Crippen LogP contribution >= 0.6 is 11.8 Å². The maximum Gasteiger partial charge on any atom is 0.253 e. The second-order valence-electron chi connectivity index (χ2n) is 3.94. The largest absolute Gasteiger partial charge is 0.389 e. The summed E-state index contributed by atoms with van der Waals surface area (Å²) in [7, 11) is 0. The molecule has 2 aromatic rings. The van der Waals surface area contributed by atoms with Gasteiger partial charge in [0.2, 0.25) is 0 Å². The number of aliphatic hydroxyl groups is 1. The van der Waals surface area contributed by atoms with E-state index in [0.717, 1.165) is 17.8 Å². The fraction of sp³-hybridized carbons (Fsp3) is 0.167. The number of aromatic amines is 1. The minimum Gasteiger partial charge on any atom is -0.389 e. The molecule has 1 aromatic carbocycles. The monoisotopic (exact) mass is 281 g/mol. The van der Waals surface area contributed by atoms with Gasteiger partial charge < -0.3 is 15.8 Å². The third kappa shape index (κ3) is 3.33. The number of H-pyrrole nitrogens is 1. The van der Waals surface area contributed by atoms with E-state index in [1.165, 1.54) is 12.1 Å². The molecule has 100 valence electrons. The van der Waals surface area contributed by atoms with Crippen molar-refractivity contribution < 1.29 is 9.50 Å². The van der Waals surface area contributed by atoms with E-state index in [-0.39, 0.29) is 15.9 Å². The van der Waals surface area contributed by atoms with Crippen LogP contribution in [0, 0.1) is 5.82 Å². The molecule has 0 amide bonds. The van der Waals surface area contributed by atoms with Gasteiger partial charge in [-0.1, -0.05) is 6.07 Å². The number of nitrogens with one attached hydrogen (secondary N) is 1. The summed E-state index contributed by atoms with van der Waals surface area (Å²) in [4.78, 5) is 17.9. The number of aromatic nitrogens is 2. The Balaban J connectivity index is 2.30. The lowest BCUT2D eigenvalue weighted by Crippen LogP contribution is -2.09. The molecule has 0 unspecified atom stereocenters. The molecule has 0 spiro atoms. The summed E-state index contributed by atoms with van der Waals surface area (Å²) in [6.07, 6.45) is -0.737. The normalized spacial score (nSPS) is 12.4. The molecule has 0 fully saturated rings. The first-order chi connectivity index (χ1) is 8.95. The van der Waals surface area contributed by atoms with Crippen LogP contribution in [0.15, 0.2) is 39.1 Å². The van der Waals surface area contributed by atoms with Gasteiger partial charge in [0.15, 0.2) is 5.16 Å². The highest BCUT2D eigenvalue weighted by molar-refractivity contribution is 7.99. The average molecular weight is 281 g/mol. The number of benzene rings is 1. The van der Waals surface area contributed by atoms with E-state index in [1.54, 1.807) is 13.0 Å². The van der Waals surface area contributed by atoms with Crippen LogP contribution in [0.4, 0.5) is 10.2 Å². The predicted molar refractivity (Wildman–Crippen MR) is 70.4 cm³/mol. The summed E-state index contributed by atoms with van der Waals surface area (Å²) in [5.41, 5.74) is 5.53. The minimum atomic E-state index is -0.737. The Kier molecular flexibility index (Phi) is 3.87. The van der Waals surface area contributed by atoms with Gasteiger partial charge >= 0.3 is 0 Å². The SMILES string of the molecule is C[C@@H](O)c1ccc(Sc2nc(N)cc(=O)[nH]2)c(F)c1. The molecule has 4 N–H and O–H groups in total. The van der Waals surface area contributed by atoms with E-state index in [4.69, 9.17) is 5.73 Å². The lowest BCUT2D eigenvalue weighted by molar-refractivity contribution is 0.198. The van der Waals surface area contributed by atoms with Crippen molar-refractivity contribution in [3.63, 3.8) is 0 Å². The number of rotatable bonds is 3. The Hall–Kier alpha value is -1.86. The maximum atomic E-state index is 13.8. The lowest BCUT2D eigenvalue weighted by Gasteiger charge is -2.07. The first-order valence-corrected chi connectivity index (χ1v) is 6.29. The fourth-order valence-electron chi connectivity index (χ4n) is 1.47. The van der Waals surface area contributed by atoms with Gasteiger partial charge in [-0.3, -0.25) is 4.79 Å². The number of anilines is 1. The third-order valence-corrected chi connectivity index (χ3v) is 3.32. The van der Waals surface area contributed by atoms with Gasteiger partial charge in [-0.25, -0.2) is 9.37 Å². The van der Waals surface area contributed by atoms with Crippen molar-refractivity contribution in [1.82, 2.24) is 9.97 Å². The molecular weight excluding hydrogens is 269 g/mol. The van der Waals surface area contributed by atoms with Gasteiger partial charge in [-0.2, -0.15) is 0 Å². The van der Waals surface area contributed by atoms with Crippen molar-refractivity contribution in [1.29, 1.82) is 0 Å². The zero-order valence-electron chi connectivity index (χ0n) is 10.1. The molecule has 1 aromatic heterocycles. The van der Waals surface area contributed by atoms with Crippen LogP contribution in [0.2, 0.25) is 0 Å². The van der Waals surface area contributed by atoms with E-state index in [9.17, 15) is 14.3 Å². The molecule has 0 saturated carbocycles. The van der Waals surface area contributed by atoms with Crippen LogP contribution in [0.25, 0.3) is 0 Å². The summed E-state index contributed by atoms with van der Waals surface area (Å²) < 4.78 is 13.8. The minimum absolute atomic E-state index is 0.0762. The van der Waals surface area contributed by atoms with Gasteiger partial charge in [0.1, 0.15) is 11.6 Å². The van der Waals surface area contributed by atoms with Crippen molar-refractivity contribution >= 4 is 17.6 Å². The first-order valence-electron chi connectivity index (χ1n) is 5.48. The van der Waals surface area contributed by atoms with Crippen molar-refractivity contribution in [2.24, 2.45) is 0 Å². The molecule has 1 heterocycles. The van der Waals surface area contributed by atoms with Gasteiger partial charge in [-0.05, 0) is 36.4 Å². The first kappa shape index (κ1) is 13.6. The molecule has 0 aliphatic carbocycles. The molecule has 1 atom stereocenters. The maximum absolute atomic E-state index is 13.8. The van der Waals surface area contributed by atoms with Crippen LogP contribution in [0.5, 0.6) is 0 Å². The molecule has 2 rings (SSSR count). The lowest BCUT2D eigenvalue weighted by atomic mass is 10.1. The highest BCUT2D eigenvalue weighted by atomic mass is 32.2. The van der Waals surface area contributed by atoms with Crippen molar-refractivity contribution in [2.75, 3.05) is 5.73 Å². The molecule has 0 bridgehead atoms. The highest BCUT2D eigenvalue weighted by Gasteiger charge is 2.10. The highest BCUT2D eigenvalue weighted by Crippen LogP contribution is 2.28. The van der Waals surface area contributed by atoms with Crippen LogP contribution in [0.1, 0.15) is 18.6 Å². The topological polar surface area (TPSA) is 92.0 Å². The fourth-order valence-corrected chi connectivity index (χ4v) is 2.27. The van der Waals surface area contributed by atoms with E-state index in [2.05, 4.69) is 9.97 Å². The van der Waals surface area contributed by atoms with Crippen LogP contribution in [-0.2, 0) is 0 Å². The predicted octanol–water partition coefficient (Wildman–Crippen LogP) is 1.70. The Morgan fingerprint density at radius 2 is 2.21 bits per heavy atom. The summed E-state index contributed by atoms with van der Waals surface area (Å²) in [5, 5.41) is 9.57. The molecule has 7 heteroatoms. The zero-order chi connectivity index (χ0) is 14.0. The Morgan fingerprint density at radius 1 is 1.47 bits per heavy atom. The number of nitrogen functional groups attached to an aromatic ring is 1. The second-order valence-corrected chi connectivity index (χ2v) is 4.97. The number of halogens is 1. The standard InChI is InChI=1S/C12H12FN3O2S/c1-6(17)7-2-3-9(8(13)4-7)19-12-15-10(14)5-11(18)16-12/h2-6,17H,1H3,(H3,14,15,16,18)/t6-/m1/s1. The number of nitrogens with two attached hydrogens (primary N) is 1. The molecule has 0 aliphatic rings. The smallest absolute Gasteiger partial charge is 0.253 e. The van der Waals surface area contributed by atoms with Gasteiger partial charge in [0.05, 0.1) is 11.0 Å². The van der Waals surface area contributed by atoms with E-state index in [1.807, 2.05) is 0 Å². The summed E-state index contributed by atoms with van der Waals surface area (Å²) >= 11 is 0.960. The van der Waals surface area contributed by atoms with Crippen molar-refractivity contribution in [3.05, 3.63) is 46.0 Å². The zero-order valence-corrected chi connectivity index (χ0v) is 10.9. The van der Waals surface area contributed by atoms with Gasteiger partial charge in [-0.15, -0.1) is 0 Å². The van der Waals surface area contributed by atoms with E-state index in [0.29, 0.717) is 5.56 Å². The third-order valence-electron chi connectivity index (χ3n) is 2.38. The summed E-state index contributed by atoms with van der Waals surface area (Å²) in [6, 6.07) is 5.53. The van der Waals surface area contributed by atoms with Gasteiger partial charge in [0, 0.05) is 6.07 Å². The van der Waals surface area contributed by atoms with Crippen molar-refractivity contribution in [2.45, 2.75) is 23.1 Å².